The molecule has 24 heavy (non-hydrogen) atoms. The van der Waals surface area contributed by atoms with E-state index in [1.165, 1.54) is 0 Å². The molecule has 0 aliphatic carbocycles. The summed E-state index contributed by atoms with van der Waals surface area (Å²) in [6.45, 7) is 0.463. The SMILES string of the molecule is COc1ccc(Cn2c(Br)cc(-c3ccc(OC)cc3)[n+]2[O-])cc1. The fourth-order valence-electron chi connectivity index (χ4n) is 2.46. The molecule has 1 aromatic heterocycles. The van der Waals surface area contributed by atoms with Crippen LogP contribution in [0.4, 0.5) is 0 Å². The quantitative estimate of drug-likeness (QED) is 0.495. The van der Waals surface area contributed by atoms with Gasteiger partial charge in [-0.2, -0.15) is 0 Å². The molecule has 3 aromatic rings. The molecular formula is C18H17BrN2O3. The zero-order valence-electron chi connectivity index (χ0n) is 13.4. The first-order chi connectivity index (χ1) is 11.6. The molecule has 5 nitrogen and oxygen atoms in total. The second kappa shape index (κ2) is 6.97. The highest BCUT2D eigenvalue weighted by molar-refractivity contribution is 9.10. The minimum absolute atomic E-state index is 0.463. The molecule has 0 amide bonds. The van der Waals surface area contributed by atoms with Crippen LogP contribution in [-0.4, -0.2) is 18.9 Å². The van der Waals surface area contributed by atoms with Gasteiger partial charge in [0, 0.05) is 0 Å². The summed E-state index contributed by atoms with van der Waals surface area (Å²) in [4.78, 5) is 0.899. The Balaban J connectivity index is 1.90. The van der Waals surface area contributed by atoms with Crippen molar-refractivity contribution in [3.8, 4) is 22.8 Å². The van der Waals surface area contributed by atoms with E-state index in [4.69, 9.17) is 9.47 Å². The van der Waals surface area contributed by atoms with Crippen molar-refractivity contribution in [3.63, 3.8) is 0 Å². The lowest BCUT2D eigenvalue weighted by Gasteiger charge is -2.07. The maximum atomic E-state index is 12.7. The number of hydrogen-bond donors (Lipinski definition) is 0. The van der Waals surface area contributed by atoms with Crippen LogP contribution in [0.1, 0.15) is 5.56 Å². The number of halogens is 1. The Hall–Kier alpha value is -2.47. The molecule has 0 aliphatic rings. The lowest BCUT2D eigenvalue weighted by Crippen LogP contribution is -2.39. The molecule has 0 saturated heterocycles. The van der Waals surface area contributed by atoms with E-state index in [-0.39, 0.29) is 0 Å². The Morgan fingerprint density at radius 1 is 0.958 bits per heavy atom. The predicted molar refractivity (Wildman–Crippen MR) is 95.2 cm³/mol. The largest absolute Gasteiger partial charge is 0.595 e. The number of rotatable bonds is 5. The molecule has 3 rings (SSSR count). The summed E-state index contributed by atoms with van der Waals surface area (Å²) in [5.41, 5.74) is 2.43. The third kappa shape index (κ3) is 3.23. The van der Waals surface area contributed by atoms with Crippen molar-refractivity contribution >= 4 is 15.9 Å². The second-order valence-corrected chi connectivity index (χ2v) is 6.07. The first-order valence-electron chi connectivity index (χ1n) is 7.38. The van der Waals surface area contributed by atoms with E-state index in [1.54, 1.807) is 18.9 Å². The molecule has 0 spiro atoms. The van der Waals surface area contributed by atoms with Crippen LogP contribution in [0.2, 0.25) is 0 Å². The highest BCUT2D eigenvalue weighted by Crippen LogP contribution is 2.24. The van der Waals surface area contributed by atoms with Gasteiger partial charge < -0.3 is 14.7 Å². The molecule has 0 aliphatic heterocycles. The van der Waals surface area contributed by atoms with Gasteiger partial charge in [-0.05, 0) is 57.9 Å². The second-order valence-electron chi connectivity index (χ2n) is 5.26. The molecule has 0 N–H and O–H groups in total. The maximum absolute atomic E-state index is 12.7. The summed E-state index contributed by atoms with van der Waals surface area (Å²) in [6.07, 6.45) is 0. The van der Waals surface area contributed by atoms with Gasteiger partial charge in [0.25, 0.3) is 5.69 Å². The van der Waals surface area contributed by atoms with E-state index in [2.05, 4.69) is 15.9 Å². The van der Waals surface area contributed by atoms with Crippen molar-refractivity contribution in [1.29, 1.82) is 0 Å². The van der Waals surface area contributed by atoms with Crippen LogP contribution in [0, 0.1) is 5.21 Å². The fraction of sp³-hybridized carbons (Fsp3) is 0.167. The van der Waals surface area contributed by atoms with Crippen LogP contribution in [-0.2, 0) is 6.54 Å². The molecule has 0 atom stereocenters. The zero-order valence-corrected chi connectivity index (χ0v) is 15.0. The predicted octanol–water partition coefficient (Wildman–Crippen LogP) is 3.62. The van der Waals surface area contributed by atoms with Crippen LogP contribution in [0.15, 0.2) is 59.2 Å². The van der Waals surface area contributed by atoms with Gasteiger partial charge in [-0.15, -0.1) is 4.68 Å². The number of ether oxygens (including phenoxy) is 2. The lowest BCUT2D eigenvalue weighted by molar-refractivity contribution is -0.684. The van der Waals surface area contributed by atoms with E-state index >= 15 is 0 Å². The zero-order chi connectivity index (χ0) is 17.1. The van der Waals surface area contributed by atoms with Crippen molar-refractivity contribution in [2.75, 3.05) is 14.2 Å². The summed E-state index contributed by atoms with van der Waals surface area (Å²) in [5.74, 6) is 1.55. The summed E-state index contributed by atoms with van der Waals surface area (Å²) in [6, 6.07) is 16.9. The molecule has 0 bridgehead atoms. The number of aromatic nitrogens is 2. The average molecular weight is 389 g/mol. The van der Waals surface area contributed by atoms with Gasteiger partial charge in [0.05, 0.1) is 25.8 Å². The third-order valence-corrected chi connectivity index (χ3v) is 4.44. The van der Waals surface area contributed by atoms with E-state index in [0.717, 1.165) is 32.1 Å². The molecule has 0 unspecified atom stereocenters. The standard InChI is InChI=1S/C18H17BrN2O3/c1-23-15-7-3-13(4-8-15)12-20-18(19)11-17(21(20)22)14-5-9-16(24-2)10-6-14/h3-11H,12H2,1-2H3. The minimum Gasteiger partial charge on any atom is -0.595 e. The first kappa shape index (κ1) is 16.4. The van der Waals surface area contributed by atoms with Crippen molar-refractivity contribution < 1.29 is 14.3 Å². The summed E-state index contributed by atoms with van der Waals surface area (Å²) < 4.78 is 12.7. The van der Waals surface area contributed by atoms with Crippen LogP contribution < -0.4 is 14.3 Å². The molecule has 0 fully saturated rings. The van der Waals surface area contributed by atoms with Gasteiger partial charge in [-0.1, -0.05) is 17.0 Å². The topological polar surface area (TPSA) is 50.3 Å². The van der Waals surface area contributed by atoms with E-state index < -0.39 is 0 Å². The smallest absolute Gasteiger partial charge is 0.252 e. The van der Waals surface area contributed by atoms with Crippen LogP contribution in [0.3, 0.4) is 0 Å². The Morgan fingerprint density at radius 3 is 2.04 bits per heavy atom. The van der Waals surface area contributed by atoms with Gasteiger partial charge >= 0.3 is 0 Å². The van der Waals surface area contributed by atoms with Crippen molar-refractivity contribution in [3.05, 3.63) is 70.0 Å². The van der Waals surface area contributed by atoms with Crippen LogP contribution in [0.5, 0.6) is 11.5 Å². The average Bonchev–Trinajstić information content (AvgIpc) is 2.90. The van der Waals surface area contributed by atoms with Gasteiger partial charge in [-0.25, -0.2) is 0 Å². The molecule has 6 heteroatoms. The highest BCUT2D eigenvalue weighted by atomic mass is 79.9. The molecule has 1 heterocycles. The molecular weight excluding hydrogens is 372 g/mol. The highest BCUT2D eigenvalue weighted by Gasteiger charge is 2.19. The van der Waals surface area contributed by atoms with Crippen LogP contribution in [0.25, 0.3) is 11.3 Å². The minimum atomic E-state index is 0.463. The summed E-state index contributed by atoms with van der Waals surface area (Å²) in [5, 5.41) is 12.7. The van der Waals surface area contributed by atoms with Gasteiger partial charge in [-0.3, -0.25) is 0 Å². The normalized spacial score (nSPS) is 10.6. The number of nitrogens with zero attached hydrogens (tertiary/aromatic N) is 2. The monoisotopic (exact) mass is 388 g/mol. The number of methoxy groups -OCH3 is 2. The molecule has 124 valence electrons. The van der Waals surface area contributed by atoms with E-state index in [0.29, 0.717) is 12.2 Å². The van der Waals surface area contributed by atoms with Crippen molar-refractivity contribution in [2.45, 2.75) is 6.54 Å². The Kier molecular flexibility index (Phi) is 4.76. The number of hydrogen-bond acceptors (Lipinski definition) is 3. The molecule has 0 radical (unpaired) electrons. The Labute approximate surface area is 148 Å². The third-order valence-electron chi connectivity index (χ3n) is 3.80. The fourth-order valence-corrected chi connectivity index (χ4v) is 2.94. The summed E-state index contributed by atoms with van der Waals surface area (Å²) >= 11 is 3.47. The van der Waals surface area contributed by atoms with Gasteiger partial charge in [0.15, 0.2) is 0 Å². The molecule has 2 aromatic carbocycles. The van der Waals surface area contributed by atoms with Gasteiger partial charge in [0.1, 0.15) is 22.6 Å². The molecule has 0 saturated carbocycles. The maximum Gasteiger partial charge on any atom is 0.252 e. The summed E-state index contributed by atoms with van der Waals surface area (Å²) in [7, 11) is 3.25. The van der Waals surface area contributed by atoms with Gasteiger partial charge in [0.2, 0.25) is 0 Å². The Bertz CT molecular complexity index is 827. The van der Waals surface area contributed by atoms with E-state index in [1.807, 2.05) is 54.6 Å². The lowest BCUT2D eigenvalue weighted by atomic mass is 10.1. The Morgan fingerprint density at radius 2 is 1.50 bits per heavy atom. The number of benzene rings is 2. The van der Waals surface area contributed by atoms with Crippen molar-refractivity contribution in [1.82, 2.24) is 4.68 Å². The first-order valence-corrected chi connectivity index (χ1v) is 8.18. The van der Waals surface area contributed by atoms with Crippen LogP contribution >= 0.6 is 15.9 Å². The van der Waals surface area contributed by atoms with Crippen molar-refractivity contribution in [2.24, 2.45) is 0 Å². The van der Waals surface area contributed by atoms with E-state index in [9.17, 15) is 5.21 Å².